The highest BCUT2D eigenvalue weighted by atomic mass is 16.5. The van der Waals surface area contributed by atoms with E-state index in [-0.39, 0.29) is 24.8 Å². The van der Waals surface area contributed by atoms with Gasteiger partial charge in [0.2, 0.25) is 17.6 Å². The standard InChI is InChI=1S/C19H21N7O4/c27-15-3-8-25(19(29)22-15)9-4-17(28)26-7-1-2-13(12-26)10-16-23-18(24-30-16)14-11-20-5-6-21-14/h3,5-6,8,11,13H,1-2,4,7,9-10,12H2,(H,22,27,29)/t13-/m1/s1. The van der Waals surface area contributed by atoms with E-state index in [9.17, 15) is 14.4 Å². The highest BCUT2D eigenvalue weighted by Gasteiger charge is 2.25. The largest absolute Gasteiger partial charge is 0.342 e. The fourth-order valence-corrected chi connectivity index (χ4v) is 3.56. The molecule has 3 aromatic heterocycles. The van der Waals surface area contributed by atoms with Crippen LogP contribution in [-0.4, -0.2) is 53.6 Å². The van der Waals surface area contributed by atoms with Gasteiger partial charge in [-0.3, -0.25) is 19.6 Å². The van der Waals surface area contributed by atoms with E-state index >= 15 is 0 Å². The number of aryl methyl sites for hydroxylation is 1. The van der Waals surface area contributed by atoms with Crippen LogP contribution in [0.1, 0.15) is 25.2 Å². The van der Waals surface area contributed by atoms with Gasteiger partial charge in [-0.2, -0.15) is 4.98 Å². The normalized spacial score (nSPS) is 16.5. The fourth-order valence-electron chi connectivity index (χ4n) is 3.56. The lowest BCUT2D eigenvalue weighted by Gasteiger charge is -2.32. The lowest BCUT2D eigenvalue weighted by Crippen LogP contribution is -2.41. The number of aromatic amines is 1. The molecular formula is C19H21N7O4. The van der Waals surface area contributed by atoms with Gasteiger partial charge < -0.3 is 14.0 Å². The molecule has 1 saturated heterocycles. The molecule has 0 spiro atoms. The molecule has 0 saturated carbocycles. The molecule has 3 aromatic rings. The molecule has 1 N–H and O–H groups in total. The molecule has 0 radical (unpaired) electrons. The summed E-state index contributed by atoms with van der Waals surface area (Å²) < 4.78 is 6.67. The summed E-state index contributed by atoms with van der Waals surface area (Å²) >= 11 is 0. The average molecular weight is 411 g/mol. The number of H-pyrrole nitrogens is 1. The van der Waals surface area contributed by atoms with E-state index in [1.807, 2.05) is 4.90 Å². The monoisotopic (exact) mass is 411 g/mol. The van der Waals surface area contributed by atoms with Gasteiger partial charge in [0.25, 0.3) is 5.56 Å². The molecular weight excluding hydrogens is 390 g/mol. The number of likely N-dealkylation sites (tertiary alicyclic amines) is 1. The van der Waals surface area contributed by atoms with Crippen molar-refractivity contribution in [3.63, 3.8) is 0 Å². The van der Waals surface area contributed by atoms with Crippen LogP contribution in [0.3, 0.4) is 0 Å². The molecule has 1 aliphatic rings. The number of carbonyl (C=O) groups excluding carboxylic acids is 1. The molecule has 1 amide bonds. The Morgan fingerprint density at radius 3 is 3.00 bits per heavy atom. The predicted molar refractivity (Wildman–Crippen MR) is 104 cm³/mol. The van der Waals surface area contributed by atoms with Crippen LogP contribution in [0.25, 0.3) is 11.5 Å². The highest BCUT2D eigenvalue weighted by Crippen LogP contribution is 2.22. The number of carbonyl (C=O) groups is 1. The van der Waals surface area contributed by atoms with Crippen molar-refractivity contribution in [1.82, 2.24) is 34.6 Å². The van der Waals surface area contributed by atoms with Gasteiger partial charge in [0, 0.05) is 57.1 Å². The second-order valence-corrected chi connectivity index (χ2v) is 7.21. The van der Waals surface area contributed by atoms with E-state index in [0.29, 0.717) is 36.9 Å². The summed E-state index contributed by atoms with van der Waals surface area (Å²) in [5.74, 6) is 1.10. The molecule has 11 nitrogen and oxygen atoms in total. The molecule has 30 heavy (non-hydrogen) atoms. The Labute approximate surface area is 170 Å². The van der Waals surface area contributed by atoms with Crippen molar-refractivity contribution in [3.05, 3.63) is 57.6 Å². The lowest BCUT2D eigenvalue weighted by atomic mass is 9.94. The molecule has 0 aliphatic carbocycles. The van der Waals surface area contributed by atoms with E-state index < -0.39 is 11.2 Å². The number of nitrogens with one attached hydrogen (secondary N) is 1. The molecule has 1 aliphatic heterocycles. The molecule has 156 valence electrons. The van der Waals surface area contributed by atoms with Crippen LogP contribution < -0.4 is 11.2 Å². The minimum absolute atomic E-state index is 0.0245. The minimum atomic E-state index is -0.512. The van der Waals surface area contributed by atoms with Crippen molar-refractivity contribution in [2.75, 3.05) is 13.1 Å². The van der Waals surface area contributed by atoms with Crippen LogP contribution >= 0.6 is 0 Å². The molecule has 4 heterocycles. The van der Waals surface area contributed by atoms with Crippen LogP contribution in [0.5, 0.6) is 0 Å². The van der Waals surface area contributed by atoms with E-state index in [0.717, 1.165) is 12.8 Å². The van der Waals surface area contributed by atoms with E-state index in [4.69, 9.17) is 4.52 Å². The van der Waals surface area contributed by atoms with E-state index in [1.165, 1.54) is 16.8 Å². The smallest absolute Gasteiger partial charge is 0.328 e. The first-order valence-corrected chi connectivity index (χ1v) is 9.75. The lowest BCUT2D eigenvalue weighted by molar-refractivity contribution is -0.133. The Morgan fingerprint density at radius 2 is 2.20 bits per heavy atom. The third-order valence-corrected chi connectivity index (χ3v) is 5.06. The maximum absolute atomic E-state index is 12.6. The number of piperidine rings is 1. The number of hydrogen-bond acceptors (Lipinski definition) is 8. The molecule has 11 heteroatoms. The average Bonchev–Trinajstić information content (AvgIpc) is 3.22. The Balaban J connectivity index is 1.33. The number of hydrogen-bond donors (Lipinski definition) is 1. The fraction of sp³-hybridized carbons (Fsp3) is 0.421. The van der Waals surface area contributed by atoms with Gasteiger partial charge in [0.05, 0.1) is 6.20 Å². The molecule has 1 fully saturated rings. The Morgan fingerprint density at radius 1 is 1.30 bits per heavy atom. The van der Waals surface area contributed by atoms with Gasteiger partial charge in [-0.25, -0.2) is 9.78 Å². The summed E-state index contributed by atoms with van der Waals surface area (Å²) in [4.78, 5) is 52.0. The van der Waals surface area contributed by atoms with Crippen molar-refractivity contribution in [3.8, 4) is 11.5 Å². The summed E-state index contributed by atoms with van der Waals surface area (Å²) in [5, 5.41) is 3.96. The van der Waals surface area contributed by atoms with Crippen molar-refractivity contribution < 1.29 is 9.32 Å². The molecule has 4 rings (SSSR count). The molecule has 0 bridgehead atoms. The maximum Gasteiger partial charge on any atom is 0.328 e. The topological polar surface area (TPSA) is 140 Å². The number of amides is 1. The van der Waals surface area contributed by atoms with Crippen LogP contribution in [0.15, 0.2) is 45.0 Å². The van der Waals surface area contributed by atoms with E-state index in [1.54, 1.807) is 18.6 Å². The second kappa shape index (κ2) is 8.80. The van der Waals surface area contributed by atoms with Crippen molar-refractivity contribution >= 4 is 5.91 Å². The van der Waals surface area contributed by atoms with Gasteiger partial charge in [-0.1, -0.05) is 5.16 Å². The van der Waals surface area contributed by atoms with Gasteiger partial charge in [-0.15, -0.1) is 0 Å². The van der Waals surface area contributed by atoms with Crippen LogP contribution in [0, 0.1) is 5.92 Å². The SMILES string of the molecule is O=C(CCn1ccc(=O)[nH]c1=O)N1CCC[C@H](Cc2nc(-c3cnccn3)no2)C1. The van der Waals surface area contributed by atoms with Crippen molar-refractivity contribution in [2.24, 2.45) is 5.92 Å². The quantitative estimate of drug-likeness (QED) is 0.609. The number of rotatable bonds is 6. The Bertz CT molecular complexity index is 1120. The summed E-state index contributed by atoms with van der Waals surface area (Å²) in [5.41, 5.74) is -0.419. The first-order valence-electron chi connectivity index (χ1n) is 9.75. The van der Waals surface area contributed by atoms with Crippen LogP contribution in [0.4, 0.5) is 0 Å². The molecule has 1 atom stereocenters. The Kier molecular flexibility index (Phi) is 5.77. The molecule has 0 unspecified atom stereocenters. The minimum Gasteiger partial charge on any atom is -0.342 e. The van der Waals surface area contributed by atoms with Crippen molar-refractivity contribution in [1.29, 1.82) is 0 Å². The third kappa shape index (κ3) is 4.67. The zero-order chi connectivity index (χ0) is 20.9. The zero-order valence-corrected chi connectivity index (χ0v) is 16.2. The van der Waals surface area contributed by atoms with Crippen LogP contribution in [-0.2, 0) is 17.8 Å². The Hall–Kier alpha value is -3.63. The van der Waals surface area contributed by atoms with Gasteiger partial charge >= 0.3 is 5.69 Å². The van der Waals surface area contributed by atoms with Gasteiger partial charge in [0.1, 0.15) is 5.69 Å². The summed E-state index contributed by atoms with van der Waals surface area (Å²) in [7, 11) is 0. The predicted octanol–water partition coefficient (Wildman–Crippen LogP) is 0.248. The molecule has 0 aromatic carbocycles. The third-order valence-electron chi connectivity index (χ3n) is 5.06. The summed E-state index contributed by atoms with van der Waals surface area (Å²) in [6, 6.07) is 1.27. The first-order chi connectivity index (χ1) is 14.6. The summed E-state index contributed by atoms with van der Waals surface area (Å²) in [6.45, 7) is 1.51. The highest BCUT2D eigenvalue weighted by molar-refractivity contribution is 5.76. The number of nitrogens with zero attached hydrogens (tertiary/aromatic N) is 6. The summed E-state index contributed by atoms with van der Waals surface area (Å²) in [6.07, 6.45) is 8.74. The van der Waals surface area contributed by atoms with Gasteiger partial charge in [-0.05, 0) is 18.8 Å². The second-order valence-electron chi connectivity index (χ2n) is 7.21. The zero-order valence-electron chi connectivity index (χ0n) is 16.2. The van der Waals surface area contributed by atoms with Gasteiger partial charge in [0.15, 0.2) is 0 Å². The first kappa shape index (κ1) is 19.7. The number of aromatic nitrogens is 6. The van der Waals surface area contributed by atoms with E-state index in [2.05, 4.69) is 25.1 Å². The van der Waals surface area contributed by atoms with Crippen LogP contribution in [0.2, 0.25) is 0 Å². The van der Waals surface area contributed by atoms with Crippen molar-refractivity contribution in [2.45, 2.75) is 32.2 Å². The maximum atomic E-state index is 12.6.